The quantitative estimate of drug-likeness (QED) is 0.904. The van der Waals surface area contributed by atoms with Gasteiger partial charge >= 0.3 is 0 Å². The molecule has 1 aromatic carbocycles. The summed E-state index contributed by atoms with van der Waals surface area (Å²) < 4.78 is 0. The van der Waals surface area contributed by atoms with Crippen LogP contribution in [0.3, 0.4) is 0 Å². The predicted octanol–water partition coefficient (Wildman–Crippen LogP) is 3.33. The van der Waals surface area contributed by atoms with Crippen LogP contribution in [-0.4, -0.2) is 38.0 Å². The average Bonchev–Trinajstić information content (AvgIpc) is 2.34. The van der Waals surface area contributed by atoms with E-state index in [9.17, 15) is 4.79 Å². The fourth-order valence-corrected chi connectivity index (χ4v) is 2.18. The number of hydrogen-bond acceptors (Lipinski definition) is 2. The smallest absolute Gasteiger partial charge is 0.251 e. The third-order valence-corrected chi connectivity index (χ3v) is 3.30. The number of amides is 1. The summed E-state index contributed by atoms with van der Waals surface area (Å²) in [4.78, 5) is 14.2. The van der Waals surface area contributed by atoms with Crippen LogP contribution in [0.1, 0.15) is 43.6 Å². The Morgan fingerprint density at radius 3 is 2.14 bits per heavy atom. The van der Waals surface area contributed by atoms with E-state index in [1.54, 1.807) is 0 Å². The van der Waals surface area contributed by atoms with E-state index >= 15 is 0 Å². The van der Waals surface area contributed by atoms with Crippen LogP contribution >= 0.6 is 12.4 Å². The summed E-state index contributed by atoms with van der Waals surface area (Å²) in [5, 5.41) is 3.00. The van der Waals surface area contributed by atoms with Gasteiger partial charge in [-0.15, -0.1) is 12.4 Å². The highest BCUT2D eigenvalue weighted by Gasteiger charge is 2.14. The van der Waals surface area contributed by atoms with E-state index in [-0.39, 0.29) is 23.7 Å². The predicted molar refractivity (Wildman–Crippen MR) is 92.4 cm³/mol. The third-order valence-electron chi connectivity index (χ3n) is 3.30. The second kappa shape index (κ2) is 8.40. The molecule has 0 saturated carbocycles. The van der Waals surface area contributed by atoms with Crippen molar-refractivity contribution in [1.29, 1.82) is 0 Å². The Morgan fingerprint density at radius 2 is 1.71 bits per heavy atom. The molecular weight excluding hydrogens is 284 g/mol. The minimum atomic E-state index is 0. The van der Waals surface area contributed by atoms with Gasteiger partial charge in [0.1, 0.15) is 0 Å². The summed E-state index contributed by atoms with van der Waals surface area (Å²) in [6.07, 6.45) is 0. The molecule has 21 heavy (non-hydrogen) atoms. The first kappa shape index (κ1) is 19.9. The third kappa shape index (κ3) is 6.96. The van der Waals surface area contributed by atoms with Crippen molar-refractivity contribution < 1.29 is 4.79 Å². The van der Waals surface area contributed by atoms with Crippen LogP contribution < -0.4 is 5.32 Å². The number of benzene rings is 1. The van der Waals surface area contributed by atoms with Gasteiger partial charge in [-0.05, 0) is 43.1 Å². The van der Waals surface area contributed by atoms with Gasteiger partial charge in [-0.25, -0.2) is 0 Å². The van der Waals surface area contributed by atoms with Crippen LogP contribution in [0.4, 0.5) is 0 Å². The molecule has 3 nitrogen and oxygen atoms in total. The lowest BCUT2D eigenvalue weighted by Gasteiger charge is -2.19. The Morgan fingerprint density at radius 1 is 1.19 bits per heavy atom. The Bertz CT molecular complexity index is 435. The molecule has 0 radical (unpaired) electrons. The van der Waals surface area contributed by atoms with Gasteiger partial charge in [0.05, 0.1) is 0 Å². The Balaban J connectivity index is 0.00000400. The molecule has 0 bridgehead atoms. The van der Waals surface area contributed by atoms with Crippen molar-refractivity contribution in [2.75, 3.05) is 27.2 Å². The van der Waals surface area contributed by atoms with Crippen molar-refractivity contribution in [2.24, 2.45) is 5.92 Å². The molecule has 1 N–H and O–H groups in total. The molecule has 1 aromatic rings. The second-order valence-corrected chi connectivity index (χ2v) is 6.90. The van der Waals surface area contributed by atoms with E-state index in [0.717, 1.165) is 12.1 Å². The van der Waals surface area contributed by atoms with Gasteiger partial charge in [0.2, 0.25) is 0 Å². The summed E-state index contributed by atoms with van der Waals surface area (Å²) in [7, 11) is 4.09. The van der Waals surface area contributed by atoms with Crippen LogP contribution in [-0.2, 0) is 5.41 Å². The lowest BCUT2D eigenvalue weighted by Crippen LogP contribution is -2.32. The van der Waals surface area contributed by atoms with Crippen molar-refractivity contribution >= 4 is 18.3 Å². The van der Waals surface area contributed by atoms with Gasteiger partial charge in [0.15, 0.2) is 0 Å². The molecule has 1 atom stereocenters. The van der Waals surface area contributed by atoms with Crippen molar-refractivity contribution in [3.8, 4) is 0 Å². The monoisotopic (exact) mass is 312 g/mol. The van der Waals surface area contributed by atoms with E-state index in [0.29, 0.717) is 12.5 Å². The Labute approximate surface area is 135 Å². The first-order chi connectivity index (χ1) is 9.20. The molecule has 4 heteroatoms. The highest BCUT2D eigenvalue weighted by Crippen LogP contribution is 2.22. The minimum absolute atomic E-state index is 0. The molecule has 0 spiro atoms. The number of carbonyl (C=O) groups excluding carboxylic acids is 1. The largest absolute Gasteiger partial charge is 0.352 e. The van der Waals surface area contributed by atoms with Crippen LogP contribution in [0.25, 0.3) is 0 Å². The normalized spacial score (nSPS) is 12.7. The number of nitrogens with one attached hydrogen (secondary N) is 1. The van der Waals surface area contributed by atoms with Gasteiger partial charge in [0, 0.05) is 18.7 Å². The molecule has 0 saturated heterocycles. The highest BCUT2D eigenvalue weighted by atomic mass is 35.5. The summed E-state index contributed by atoms with van der Waals surface area (Å²) >= 11 is 0. The van der Waals surface area contributed by atoms with Crippen molar-refractivity contribution in [2.45, 2.75) is 33.1 Å². The lowest BCUT2D eigenvalue weighted by molar-refractivity contribution is 0.0946. The zero-order chi connectivity index (χ0) is 15.3. The lowest BCUT2D eigenvalue weighted by atomic mass is 9.87. The summed E-state index contributed by atoms with van der Waals surface area (Å²) in [6, 6.07) is 7.90. The number of halogens is 1. The highest BCUT2D eigenvalue weighted by molar-refractivity contribution is 5.94. The maximum Gasteiger partial charge on any atom is 0.251 e. The minimum Gasteiger partial charge on any atom is -0.352 e. The molecular formula is C17H29ClN2O. The zero-order valence-corrected chi connectivity index (χ0v) is 14.9. The zero-order valence-electron chi connectivity index (χ0n) is 14.1. The Kier molecular flexibility index (Phi) is 7.98. The second-order valence-electron chi connectivity index (χ2n) is 6.90. The van der Waals surface area contributed by atoms with Gasteiger partial charge in [0.25, 0.3) is 5.91 Å². The maximum atomic E-state index is 12.1. The van der Waals surface area contributed by atoms with Crippen LogP contribution in [0.5, 0.6) is 0 Å². The molecule has 0 aromatic heterocycles. The molecule has 120 valence electrons. The van der Waals surface area contributed by atoms with Gasteiger partial charge in [-0.2, -0.15) is 0 Å². The first-order valence-electron chi connectivity index (χ1n) is 7.23. The van der Waals surface area contributed by atoms with Crippen LogP contribution in [0.15, 0.2) is 24.3 Å². The summed E-state index contributed by atoms with van der Waals surface area (Å²) in [5.41, 5.74) is 2.10. The van der Waals surface area contributed by atoms with Gasteiger partial charge in [-0.1, -0.05) is 39.8 Å². The molecule has 1 unspecified atom stereocenters. The number of nitrogens with zero attached hydrogens (tertiary/aromatic N) is 1. The fraction of sp³-hybridized carbons (Fsp3) is 0.588. The van der Waals surface area contributed by atoms with E-state index in [1.165, 1.54) is 5.56 Å². The van der Waals surface area contributed by atoms with Crippen molar-refractivity contribution in [1.82, 2.24) is 10.2 Å². The molecule has 0 aliphatic rings. The van der Waals surface area contributed by atoms with E-state index in [4.69, 9.17) is 0 Å². The molecule has 0 heterocycles. The van der Waals surface area contributed by atoms with E-state index in [1.807, 2.05) is 38.4 Å². The standard InChI is InChI=1S/C17H28N2O.ClH/c1-13(12-19(5)6)11-18-16(20)14-7-9-15(10-8-14)17(2,3)4;/h7-10,13H,11-12H2,1-6H3,(H,18,20);1H. The Hall–Kier alpha value is -1.06. The number of carbonyl (C=O) groups is 1. The number of hydrogen-bond donors (Lipinski definition) is 1. The molecule has 1 amide bonds. The SMILES string of the molecule is CC(CNC(=O)c1ccc(C(C)(C)C)cc1)CN(C)C.Cl. The molecule has 1 rings (SSSR count). The molecule has 0 aliphatic carbocycles. The maximum absolute atomic E-state index is 12.1. The van der Waals surface area contributed by atoms with Crippen molar-refractivity contribution in [3.63, 3.8) is 0 Å². The van der Waals surface area contributed by atoms with Crippen molar-refractivity contribution in [3.05, 3.63) is 35.4 Å². The first-order valence-corrected chi connectivity index (χ1v) is 7.23. The average molecular weight is 313 g/mol. The van der Waals surface area contributed by atoms with Gasteiger partial charge in [-0.3, -0.25) is 4.79 Å². The topological polar surface area (TPSA) is 32.3 Å². The van der Waals surface area contributed by atoms with Crippen LogP contribution in [0, 0.1) is 5.92 Å². The fourth-order valence-electron chi connectivity index (χ4n) is 2.18. The summed E-state index contributed by atoms with van der Waals surface area (Å²) in [6.45, 7) is 10.3. The molecule has 0 fully saturated rings. The number of rotatable bonds is 5. The molecule has 0 aliphatic heterocycles. The van der Waals surface area contributed by atoms with E-state index in [2.05, 4.69) is 37.9 Å². The van der Waals surface area contributed by atoms with E-state index < -0.39 is 0 Å². The summed E-state index contributed by atoms with van der Waals surface area (Å²) in [5.74, 6) is 0.457. The van der Waals surface area contributed by atoms with Gasteiger partial charge < -0.3 is 10.2 Å². The van der Waals surface area contributed by atoms with Crippen LogP contribution in [0.2, 0.25) is 0 Å².